The molecule has 0 unspecified atom stereocenters. The number of hydrogen-bond donors (Lipinski definition) is 0. The van der Waals surface area contributed by atoms with E-state index < -0.39 is 7.14 Å². The molecule has 0 N–H and O–H groups in total. The first-order valence-corrected chi connectivity index (χ1v) is 10.9. The van der Waals surface area contributed by atoms with E-state index >= 15 is 0 Å². The molecular weight excluding hydrogens is 331 g/mol. The number of carbonyl (C=O) groups is 1. The molecule has 0 fully saturated rings. The zero-order chi connectivity index (χ0) is 18.0. The van der Waals surface area contributed by atoms with Gasteiger partial charge in [-0.3, -0.25) is 4.79 Å². The molecule has 0 amide bonds. The van der Waals surface area contributed by atoms with E-state index in [4.69, 9.17) is 4.74 Å². The van der Waals surface area contributed by atoms with Crippen LogP contribution in [0.4, 0.5) is 0 Å². The molecule has 134 valence electrons. The lowest BCUT2D eigenvalue weighted by Gasteiger charge is -2.19. The van der Waals surface area contributed by atoms with Gasteiger partial charge in [-0.25, -0.2) is 0 Å². The summed E-state index contributed by atoms with van der Waals surface area (Å²) in [7, 11) is -2.59. The van der Waals surface area contributed by atoms with Gasteiger partial charge in [-0.05, 0) is 19.8 Å². The number of carbonyl (C=O) groups excluding carboxylic acids is 1. The summed E-state index contributed by atoms with van der Waals surface area (Å²) in [6.45, 7) is 2.26. The van der Waals surface area contributed by atoms with E-state index in [1.165, 1.54) is 0 Å². The molecule has 0 aliphatic heterocycles. The molecule has 0 spiro atoms. The van der Waals surface area contributed by atoms with Crippen LogP contribution in [0.15, 0.2) is 60.7 Å². The predicted molar refractivity (Wildman–Crippen MR) is 104 cm³/mol. The Balaban J connectivity index is 1.93. The monoisotopic (exact) mass is 358 g/mol. The summed E-state index contributed by atoms with van der Waals surface area (Å²) >= 11 is 0. The van der Waals surface area contributed by atoms with Gasteiger partial charge in [0.25, 0.3) is 0 Å². The standard InChI is InChI=1S/C21H27O3P/c1-2-24-21(22)17-11-3-4-12-18-25(23,19-13-7-5-8-14-19)20-15-9-6-10-16-20/h5-10,13-16H,2-4,11-12,17-18H2,1H3. The minimum absolute atomic E-state index is 0.123. The van der Waals surface area contributed by atoms with Crippen molar-refractivity contribution < 1.29 is 14.1 Å². The van der Waals surface area contributed by atoms with Crippen LogP contribution >= 0.6 is 7.14 Å². The third-order valence-electron chi connectivity index (χ3n) is 4.26. The number of esters is 1. The Morgan fingerprint density at radius 3 is 1.88 bits per heavy atom. The van der Waals surface area contributed by atoms with Crippen molar-refractivity contribution in [2.24, 2.45) is 0 Å². The smallest absolute Gasteiger partial charge is 0.305 e. The second-order valence-electron chi connectivity index (χ2n) is 6.10. The van der Waals surface area contributed by atoms with Crippen LogP contribution in [0.3, 0.4) is 0 Å². The zero-order valence-corrected chi connectivity index (χ0v) is 15.8. The van der Waals surface area contributed by atoms with E-state index in [0.29, 0.717) is 19.2 Å². The largest absolute Gasteiger partial charge is 0.466 e. The summed E-state index contributed by atoms with van der Waals surface area (Å²) in [5.41, 5.74) is 0. The average molecular weight is 358 g/mol. The van der Waals surface area contributed by atoms with Crippen LogP contribution in [-0.4, -0.2) is 18.7 Å². The second-order valence-corrected chi connectivity index (χ2v) is 9.06. The van der Waals surface area contributed by atoms with Crippen LogP contribution in [0, 0.1) is 0 Å². The fourth-order valence-electron chi connectivity index (χ4n) is 2.94. The van der Waals surface area contributed by atoms with Gasteiger partial charge in [0.15, 0.2) is 0 Å². The van der Waals surface area contributed by atoms with Crippen molar-refractivity contribution in [2.75, 3.05) is 12.8 Å². The number of benzene rings is 2. The van der Waals surface area contributed by atoms with Crippen molar-refractivity contribution in [1.29, 1.82) is 0 Å². The van der Waals surface area contributed by atoms with Gasteiger partial charge in [0.05, 0.1) is 6.61 Å². The molecule has 25 heavy (non-hydrogen) atoms. The Hall–Kier alpha value is -1.86. The van der Waals surface area contributed by atoms with Gasteiger partial charge in [-0.2, -0.15) is 0 Å². The summed E-state index contributed by atoms with van der Waals surface area (Å²) in [5.74, 6) is -0.123. The third-order valence-corrected chi connectivity index (χ3v) is 7.47. The van der Waals surface area contributed by atoms with Gasteiger partial charge in [-0.1, -0.05) is 73.5 Å². The molecule has 2 rings (SSSR count). The second kappa shape index (κ2) is 10.2. The van der Waals surface area contributed by atoms with E-state index in [2.05, 4.69) is 0 Å². The van der Waals surface area contributed by atoms with E-state index in [9.17, 15) is 9.36 Å². The lowest BCUT2D eigenvalue weighted by molar-refractivity contribution is -0.143. The highest BCUT2D eigenvalue weighted by Crippen LogP contribution is 2.44. The average Bonchev–Trinajstić information content (AvgIpc) is 2.66. The van der Waals surface area contributed by atoms with Crippen LogP contribution in [0.2, 0.25) is 0 Å². The van der Waals surface area contributed by atoms with Crippen molar-refractivity contribution in [2.45, 2.75) is 39.0 Å². The first-order valence-electron chi connectivity index (χ1n) is 9.02. The molecule has 0 aliphatic carbocycles. The molecule has 0 saturated carbocycles. The zero-order valence-electron chi connectivity index (χ0n) is 14.9. The lowest BCUT2D eigenvalue weighted by atomic mass is 10.1. The molecular formula is C21H27O3P. The Morgan fingerprint density at radius 1 is 0.840 bits per heavy atom. The molecule has 2 aromatic rings. The molecule has 0 heterocycles. The maximum atomic E-state index is 13.8. The minimum Gasteiger partial charge on any atom is -0.466 e. The summed E-state index contributed by atoms with van der Waals surface area (Å²) < 4.78 is 18.7. The van der Waals surface area contributed by atoms with Gasteiger partial charge < -0.3 is 9.30 Å². The normalized spacial score (nSPS) is 11.2. The van der Waals surface area contributed by atoms with Gasteiger partial charge in [-0.15, -0.1) is 0 Å². The van der Waals surface area contributed by atoms with Crippen molar-refractivity contribution in [3.05, 3.63) is 60.7 Å². The van der Waals surface area contributed by atoms with Crippen molar-refractivity contribution >= 4 is 23.7 Å². The van der Waals surface area contributed by atoms with E-state index in [0.717, 1.165) is 36.3 Å². The van der Waals surface area contributed by atoms with Crippen LogP contribution in [0.5, 0.6) is 0 Å². The fourth-order valence-corrected chi connectivity index (χ4v) is 5.73. The molecule has 0 atom stereocenters. The number of hydrogen-bond acceptors (Lipinski definition) is 3. The van der Waals surface area contributed by atoms with Gasteiger partial charge in [0, 0.05) is 23.2 Å². The first-order chi connectivity index (χ1) is 12.2. The Kier molecular flexibility index (Phi) is 7.94. The van der Waals surface area contributed by atoms with E-state index in [-0.39, 0.29) is 5.97 Å². The van der Waals surface area contributed by atoms with Crippen LogP contribution in [0.25, 0.3) is 0 Å². The lowest BCUT2D eigenvalue weighted by Crippen LogP contribution is -2.18. The number of ether oxygens (including phenoxy) is 1. The van der Waals surface area contributed by atoms with Crippen molar-refractivity contribution in [3.63, 3.8) is 0 Å². The third kappa shape index (κ3) is 5.86. The number of unbranched alkanes of at least 4 members (excludes halogenated alkanes) is 3. The van der Waals surface area contributed by atoms with Crippen molar-refractivity contribution in [1.82, 2.24) is 0 Å². The SMILES string of the molecule is CCOC(=O)CCCCCCP(=O)(c1ccccc1)c1ccccc1. The van der Waals surface area contributed by atoms with Gasteiger partial charge in [0.1, 0.15) is 7.14 Å². The van der Waals surface area contributed by atoms with Crippen LogP contribution < -0.4 is 10.6 Å². The molecule has 0 radical (unpaired) electrons. The Morgan fingerprint density at radius 2 is 1.36 bits per heavy atom. The quantitative estimate of drug-likeness (QED) is 0.356. The van der Waals surface area contributed by atoms with Gasteiger partial charge >= 0.3 is 5.97 Å². The van der Waals surface area contributed by atoms with Gasteiger partial charge in [0.2, 0.25) is 0 Å². The van der Waals surface area contributed by atoms with Crippen LogP contribution in [0.1, 0.15) is 39.0 Å². The first kappa shape index (κ1) is 19.5. The molecule has 0 aliphatic rings. The van der Waals surface area contributed by atoms with E-state index in [1.807, 2.05) is 67.6 Å². The van der Waals surface area contributed by atoms with Crippen LogP contribution in [-0.2, 0) is 14.1 Å². The highest BCUT2D eigenvalue weighted by molar-refractivity contribution is 7.78. The van der Waals surface area contributed by atoms with Crippen molar-refractivity contribution in [3.8, 4) is 0 Å². The topological polar surface area (TPSA) is 43.4 Å². The fraction of sp³-hybridized carbons (Fsp3) is 0.381. The Bertz CT molecular complexity index is 639. The molecule has 4 heteroatoms. The minimum atomic E-state index is -2.59. The highest BCUT2D eigenvalue weighted by atomic mass is 31.2. The summed E-state index contributed by atoms with van der Waals surface area (Å²) in [4.78, 5) is 11.3. The summed E-state index contributed by atoms with van der Waals surface area (Å²) in [6, 6.07) is 19.6. The molecule has 0 aromatic heterocycles. The molecule has 3 nitrogen and oxygen atoms in total. The molecule has 0 saturated heterocycles. The highest BCUT2D eigenvalue weighted by Gasteiger charge is 2.26. The summed E-state index contributed by atoms with van der Waals surface area (Å²) in [6.07, 6.45) is 4.80. The molecule has 0 bridgehead atoms. The van der Waals surface area contributed by atoms with E-state index in [1.54, 1.807) is 0 Å². The predicted octanol–water partition coefficient (Wildman–Crippen LogP) is 4.51. The number of rotatable bonds is 10. The maximum Gasteiger partial charge on any atom is 0.305 e. The maximum absolute atomic E-state index is 13.8. The Labute approximate surface area is 150 Å². The summed E-state index contributed by atoms with van der Waals surface area (Å²) in [5, 5.41) is 1.85. The molecule has 2 aromatic carbocycles.